The quantitative estimate of drug-likeness (QED) is 0.355. The van der Waals surface area contributed by atoms with E-state index >= 15 is 0 Å². The van der Waals surface area contributed by atoms with Crippen molar-refractivity contribution in [3.05, 3.63) is 0 Å². The zero-order valence-electron chi connectivity index (χ0n) is 15.8. The average molecular weight is 452 g/mol. The van der Waals surface area contributed by atoms with E-state index in [1.807, 2.05) is 0 Å². The first-order valence-corrected chi connectivity index (χ1v) is 9.50. The van der Waals surface area contributed by atoms with Gasteiger partial charge in [-0.05, 0) is 58.5 Å². The van der Waals surface area contributed by atoms with E-state index in [1.165, 1.54) is 38.9 Å². The second-order valence-electron chi connectivity index (χ2n) is 7.44. The summed E-state index contributed by atoms with van der Waals surface area (Å²) < 4.78 is 5.83. The lowest BCUT2D eigenvalue weighted by Gasteiger charge is -2.29. The van der Waals surface area contributed by atoms with E-state index in [-0.39, 0.29) is 29.6 Å². The zero-order chi connectivity index (χ0) is 16.5. The van der Waals surface area contributed by atoms with Crippen molar-refractivity contribution >= 4 is 29.9 Å². The number of nitrogens with zero attached hydrogens (tertiary/aromatic N) is 2. The van der Waals surface area contributed by atoms with Gasteiger partial charge in [-0.1, -0.05) is 13.3 Å². The fraction of sp³-hybridized carbons (Fsp3) is 0.944. The summed E-state index contributed by atoms with van der Waals surface area (Å²) in [6, 6.07) is 0. The molecule has 6 heteroatoms. The summed E-state index contributed by atoms with van der Waals surface area (Å²) in [4.78, 5) is 7.35. The van der Waals surface area contributed by atoms with Crippen LogP contribution in [0.25, 0.3) is 0 Å². The third-order valence-electron chi connectivity index (χ3n) is 4.85. The number of halogens is 1. The van der Waals surface area contributed by atoms with Gasteiger partial charge < -0.3 is 20.3 Å². The van der Waals surface area contributed by atoms with Gasteiger partial charge in [-0.2, -0.15) is 0 Å². The summed E-state index contributed by atoms with van der Waals surface area (Å²) in [7, 11) is 0. The number of hydrogen-bond donors (Lipinski definition) is 2. The van der Waals surface area contributed by atoms with Gasteiger partial charge in [0.1, 0.15) is 0 Å². The maximum Gasteiger partial charge on any atom is 0.191 e. The molecule has 2 atom stereocenters. The van der Waals surface area contributed by atoms with Crippen LogP contribution in [0.5, 0.6) is 0 Å². The topological polar surface area (TPSA) is 48.9 Å². The molecule has 2 fully saturated rings. The van der Waals surface area contributed by atoms with Crippen LogP contribution in [0.15, 0.2) is 4.99 Å². The second-order valence-corrected chi connectivity index (χ2v) is 7.44. The van der Waals surface area contributed by atoms with E-state index in [0.717, 1.165) is 45.0 Å². The second kappa shape index (κ2) is 11.5. The van der Waals surface area contributed by atoms with Gasteiger partial charge in [-0.25, -0.2) is 0 Å². The molecular weight excluding hydrogens is 415 g/mol. The lowest BCUT2D eigenvalue weighted by atomic mass is 10.0. The highest BCUT2D eigenvalue weighted by atomic mass is 127. The molecule has 142 valence electrons. The third kappa shape index (κ3) is 7.87. The minimum Gasteiger partial charge on any atom is -0.373 e. The monoisotopic (exact) mass is 452 g/mol. The van der Waals surface area contributed by atoms with Crippen LogP contribution < -0.4 is 10.6 Å². The molecule has 0 aromatic heterocycles. The van der Waals surface area contributed by atoms with Crippen molar-refractivity contribution in [2.24, 2.45) is 10.9 Å². The summed E-state index contributed by atoms with van der Waals surface area (Å²) in [5, 5.41) is 6.86. The summed E-state index contributed by atoms with van der Waals surface area (Å²) >= 11 is 0. The SMILES string of the molecule is CCNC(=NCC1(C)CCCO1)NCC(C)CN1CCCCC1.I. The van der Waals surface area contributed by atoms with Gasteiger partial charge in [-0.3, -0.25) is 4.99 Å². The number of aliphatic imine (C=N–C) groups is 1. The lowest BCUT2D eigenvalue weighted by molar-refractivity contribution is 0.0283. The normalized spacial score (nSPS) is 26.7. The molecule has 0 saturated carbocycles. The first-order valence-electron chi connectivity index (χ1n) is 9.50. The molecule has 2 saturated heterocycles. The van der Waals surface area contributed by atoms with Crippen LogP contribution in [0.4, 0.5) is 0 Å². The minimum absolute atomic E-state index is 0. The van der Waals surface area contributed by atoms with Crippen LogP contribution in [0.3, 0.4) is 0 Å². The molecule has 5 nitrogen and oxygen atoms in total. The van der Waals surface area contributed by atoms with E-state index in [1.54, 1.807) is 0 Å². The van der Waals surface area contributed by atoms with E-state index in [9.17, 15) is 0 Å². The Labute approximate surface area is 165 Å². The molecule has 0 aromatic carbocycles. The number of nitrogens with one attached hydrogen (secondary N) is 2. The number of hydrogen-bond acceptors (Lipinski definition) is 3. The van der Waals surface area contributed by atoms with Gasteiger partial charge in [-0.15, -0.1) is 24.0 Å². The zero-order valence-corrected chi connectivity index (χ0v) is 18.1. The standard InChI is InChI=1S/C18H36N4O.HI/c1-4-19-17(21-15-18(3)9-8-12-23-18)20-13-16(2)14-22-10-6-5-7-11-22;/h16H,4-15H2,1-3H3,(H2,19,20,21);1H. The highest BCUT2D eigenvalue weighted by Gasteiger charge is 2.29. The molecule has 0 aliphatic carbocycles. The van der Waals surface area contributed by atoms with Gasteiger partial charge in [0.2, 0.25) is 0 Å². The maximum atomic E-state index is 5.83. The number of piperidine rings is 1. The molecule has 0 spiro atoms. The summed E-state index contributed by atoms with van der Waals surface area (Å²) in [6.07, 6.45) is 6.40. The van der Waals surface area contributed by atoms with Gasteiger partial charge >= 0.3 is 0 Å². The highest BCUT2D eigenvalue weighted by Crippen LogP contribution is 2.24. The van der Waals surface area contributed by atoms with Crippen molar-refractivity contribution in [3.8, 4) is 0 Å². The number of ether oxygens (including phenoxy) is 1. The van der Waals surface area contributed by atoms with Gasteiger partial charge in [0.25, 0.3) is 0 Å². The van der Waals surface area contributed by atoms with E-state index in [0.29, 0.717) is 5.92 Å². The Morgan fingerprint density at radius 1 is 1.21 bits per heavy atom. The molecular formula is C18H37IN4O. The predicted octanol–water partition coefficient (Wildman–Crippen LogP) is 2.85. The fourth-order valence-corrected chi connectivity index (χ4v) is 3.47. The van der Waals surface area contributed by atoms with Crippen molar-refractivity contribution in [2.75, 3.05) is 45.9 Å². The molecule has 0 amide bonds. The molecule has 2 N–H and O–H groups in total. The van der Waals surface area contributed by atoms with Crippen molar-refractivity contribution in [2.45, 2.75) is 58.5 Å². The molecule has 2 rings (SSSR count). The molecule has 0 bridgehead atoms. The molecule has 0 radical (unpaired) electrons. The lowest BCUT2D eigenvalue weighted by Crippen LogP contribution is -2.43. The van der Waals surface area contributed by atoms with Crippen molar-refractivity contribution in [3.63, 3.8) is 0 Å². The Morgan fingerprint density at radius 2 is 1.96 bits per heavy atom. The average Bonchev–Trinajstić information content (AvgIpc) is 2.98. The Bertz CT molecular complexity index is 366. The van der Waals surface area contributed by atoms with Crippen LogP contribution in [-0.2, 0) is 4.74 Å². The highest BCUT2D eigenvalue weighted by molar-refractivity contribution is 14.0. The molecule has 0 aromatic rings. The smallest absolute Gasteiger partial charge is 0.191 e. The van der Waals surface area contributed by atoms with Gasteiger partial charge in [0.05, 0.1) is 12.1 Å². The largest absolute Gasteiger partial charge is 0.373 e. The van der Waals surface area contributed by atoms with Crippen molar-refractivity contribution in [1.82, 2.24) is 15.5 Å². The molecule has 2 unspecified atom stereocenters. The Morgan fingerprint density at radius 3 is 2.58 bits per heavy atom. The van der Waals surface area contributed by atoms with Gasteiger partial charge in [0, 0.05) is 26.2 Å². The summed E-state index contributed by atoms with van der Waals surface area (Å²) in [5.74, 6) is 1.56. The number of guanidine groups is 1. The van der Waals surface area contributed by atoms with Crippen LogP contribution in [0.1, 0.15) is 52.9 Å². The van der Waals surface area contributed by atoms with Crippen molar-refractivity contribution < 1.29 is 4.74 Å². The van der Waals surface area contributed by atoms with Gasteiger partial charge in [0.15, 0.2) is 5.96 Å². The van der Waals surface area contributed by atoms with Crippen LogP contribution in [0.2, 0.25) is 0 Å². The Hall–Kier alpha value is -0.0800. The van der Waals surface area contributed by atoms with E-state index in [2.05, 4.69) is 36.3 Å². The number of likely N-dealkylation sites (tertiary alicyclic amines) is 1. The van der Waals surface area contributed by atoms with E-state index in [4.69, 9.17) is 9.73 Å². The maximum absolute atomic E-state index is 5.83. The Balaban J connectivity index is 0.00000288. The first-order chi connectivity index (χ1) is 11.1. The molecule has 2 aliphatic rings. The van der Waals surface area contributed by atoms with Crippen molar-refractivity contribution in [1.29, 1.82) is 0 Å². The third-order valence-corrected chi connectivity index (χ3v) is 4.85. The van der Waals surface area contributed by atoms with E-state index < -0.39 is 0 Å². The number of rotatable bonds is 7. The van der Waals surface area contributed by atoms with Crippen LogP contribution >= 0.6 is 24.0 Å². The summed E-state index contributed by atoms with van der Waals surface area (Å²) in [5.41, 5.74) is -0.0677. The van der Waals surface area contributed by atoms with Crippen LogP contribution in [-0.4, -0.2) is 62.3 Å². The summed E-state index contributed by atoms with van der Waals surface area (Å²) in [6.45, 7) is 13.8. The fourth-order valence-electron chi connectivity index (χ4n) is 3.47. The Kier molecular flexibility index (Phi) is 10.5. The molecule has 24 heavy (non-hydrogen) atoms. The predicted molar refractivity (Wildman–Crippen MR) is 112 cm³/mol. The van der Waals surface area contributed by atoms with Crippen LogP contribution in [0, 0.1) is 5.92 Å². The molecule has 2 aliphatic heterocycles. The first kappa shape index (κ1) is 22.0. The molecule has 2 heterocycles. The minimum atomic E-state index is -0.0677.